The molecule has 0 bridgehead atoms. The van der Waals surface area contributed by atoms with E-state index in [1.165, 1.54) is 5.56 Å². The summed E-state index contributed by atoms with van der Waals surface area (Å²) in [4.78, 5) is 9.04. The Balaban J connectivity index is 1.79. The molecule has 140 valence electrons. The van der Waals surface area contributed by atoms with Gasteiger partial charge in [0.25, 0.3) is 0 Å². The van der Waals surface area contributed by atoms with E-state index in [0.717, 1.165) is 49.9 Å². The molecule has 0 saturated heterocycles. The fourth-order valence-corrected chi connectivity index (χ4v) is 2.67. The Kier molecular flexibility index (Phi) is 8.46. The van der Waals surface area contributed by atoms with Crippen LogP contribution in [0, 0.1) is 0 Å². The predicted molar refractivity (Wildman–Crippen MR) is 108 cm³/mol. The lowest BCUT2D eigenvalue weighted by Crippen LogP contribution is -2.38. The molecule has 0 spiro atoms. The van der Waals surface area contributed by atoms with Gasteiger partial charge in [-0.25, -0.2) is 0 Å². The molecular formula is C21H30N4O. The van der Waals surface area contributed by atoms with Gasteiger partial charge in [-0.1, -0.05) is 25.1 Å². The first-order valence-corrected chi connectivity index (χ1v) is 9.29. The van der Waals surface area contributed by atoms with Crippen LogP contribution in [0.1, 0.15) is 37.4 Å². The number of ether oxygens (including phenoxy) is 1. The highest BCUT2D eigenvalue weighted by atomic mass is 16.5. The molecule has 1 aromatic heterocycles. The molecule has 0 saturated carbocycles. The van der Waals surface area contributed by atoms with Gasteiger partial charge in [0.15, 0.2) is 5.96 Å². The summed E-state index contributed by atoms with van der Waals surface area (Å²) in [7, 11) is 1.69. The number of nitrogens with zero attached hydrogens (tertiary/aromatic N) is 2. The Morgan fingerprint density at radius 3 is 2.62 bits per heavy atom. The molecule has 0 amide bonds. The average molecular weight is 354 g/mol. The monoisotopic (exact) mass is 354 g/mol. The van der Waals surface area contributed by atoms with E-state index >= 15 is 0 Å². The van der Waals surface area contributed by atoms with Gasteiger partial charge < -0.3 is 15.4 Å². The second kappa shape index (κ2) is 11.1. The Morgan fingerprint density at radius 2 is 1.96 bits per heavy atom. The first-order chi connectivity index (χ1) is 12.7. The van der Waals surface area contributed by atoms with Gasteiger partial charge in [-0.3, -0.25) is 9.98 Å². The van der Waals surface area contributed by atoms with Gasteiger partial charge in [0.05, 0.1) is 7.11 Å². The molecule has 26 heavy (non-hydrogen) atoms. The number of nitrogens with one attached hydrogen (secondary N) is 2. The molecule has 0 fully saturated rings. The number of aliphatic imine (C=N–C) groups is 1. The van der Waals surface area contributed by atoms with Crippen LogP contribution in [0.3, 0.4) is 0 Å². The number of guanidine groups is 1. The van der Waals surface area contributed by atoms with Crippen molar-refractivity contribution in [2.45, 2.75) is 32.6 Å². The minimum Gasteiger partial charge on any atom is -0.497 e. The van der Waals surface area contributed by atoms with Crippen LogP contribution in [0.25, 0.3) is 0 Å². The smallest absolute Gasteiger partial charge is 0.191 e. The molecule has 0 aliphatic carbocycles. The van der Waals surface area contributed by atoms with Crippen LogP contribution in [0.4, 0.5) is 0 Å². The van der Waals surface area contributed by atoms with Crippen molar-refractivity contribution in [3.05, 3.63) is 59.9 Å². The summed E-state index contributed by atoms with van der Waals surface area (Å²) < 4.78 is 5.22. The maximum absolute atomic E-state index is 5.22. The lowest BCUT2D eigenvalue weighted by Gasteiger charge is -2.13. The molecule has 1 aromatic carbocycles. The maximum atomic E-state index is 5.22. The van der Waals surface area contributed by atoms with E-state index < -0.39 is 0 Å². The summed E-state index contributed by atoms with van der Waals surface area (Å²) in [5.74, 6) is 2.22. The number of hydrogen-bond donors (Lipinski definition) is 2. The molecule has 1 heterocycles. The highest BCUT2D eigenvalue weighted by Crippen LogP contribution is 2.21. The Bertz CT molecular complexity index is 655. The number of methoxy groups -OCH3 is 1. The largest absolute Gasteiger partial charge is 0.497 e. The third-order valence-corrected chi connectivity index (χ3v) is 4.26. The summed E-state index contributed by atoms with van der Waals surface area (Å²) in [6.07, 6.45) is 3.71. The van der Waals surface area contributed by atoms with Crippen LogP contribution in [0.2, 0.25) is 0 Å². The second-order valence-corrected chi connectivity index (χ2v) is 6.22. The summed E-state index contributed by atoms with van der Waals surface area (Å²) in [6, 6.07) is 14.3. The second-order valence-electron chi connectivity index (χ2n) is 6.22. The summed E-state index contributed by atoms with van der Waals surface area (Å²) in [5, 5.41) is 6.68. The molecule has 0 aliphatic rings. The van der Waals surface area contributed by atoms with Crippen LogP contribution in [-0.2, 0) is 6.42 Å². The van der Waals surface area contributed by atoms with Gasteiger partial charge in [0, 0.05) is 37.9 Å². The van der Waals surface area contributed by atoms with E-state index in [2.05, 4.69) is 41.6 Å². The van der Waals surface area contributed by atoms with Crippen molar-refractivity contribution in [2.75, 3.05) is 26.7 Å². The number of aromatic nitrogens is 1. The molecular weight excluding hydrogens is 324 g/mol. The van der Waals surface area contributed by atoms with Gasteiger partial charge in [0.1, 0.15) is 5.75 Å². The molecule has 5 heteroatoms. The lowest BCUT2D eigenvalue weighted by molar-refractivity contribution is 0.414. The summed E-state index contributed by atoms with van der Waals surface area (Å²) in [5.41, 5.74) is 2.40. The topological polar surface area (TPSA) is 58.5 Å². The predicted octanol–water partition coefficient (Wildman–Crippen LogP) is 3.38. The van der Waals surface area contributed by atoms with Crippen molar-refractivity contribution in [3.63, 3.8) is 0 Å². The van der Waals surface area contributed by atoms with Gasteiger partial charge in [-0.2, -0.15) is 0 Å². The van der Waals surface area contributed by atoms with Crippen LogP contribution < -0.4 is 15.4 Å². The summed E-state index contributed by atoms with van der Waals surface area (Å²) >= 11 is 0. The van der Waals surface area contributed by atoms with E-state index in [9.17, 15) is 0 Å². The summed E-state index contributed by atoms with van der Waals surface area (Å²) in [6.45, 7) is 6.77. The zero-order valence-corrected chi connectivity index (χ0v) is 16.0. The highest BCUT2D eigenvalue weighted by molar-refractivity contribution is 5.79. The highest BCUT2D eigenvalue weighted by Gasteiger charge is 2.06. The third-order valence-electron chi connectivity index (χ3n) is 4.26. The maximum Gasteiger partial charge on any atom is 0.191 e. The van der Waals surface area contributed by atoms with Crippen molar-refractivity contribution in [2.24, 2.45) is 4.99 Å². The third kappa shape index (κ3) is 6.75. The van der Waals surface area contributed by atoms with Gasteiger partial charge in [-0.05, 0) is 49.1 Å². The fourth-order valence-electron chi connectivity index (χ4n) is 2.67. The van der Waals surface area contributed by atoms with Crippen molar-refractivity contribution in [1.29, 1.82) is 0 Å². The molecule has 2 N–H and O–H groups in total. The van der Waals surface area contributed by atoms with Crippen LogP contribution >= 0.6 is 0 Å². The zero-order valence-electron chi connectivity index (χ0n) is 16.0. The van der Waals surface area contributed by atoms with Crippen molar-refractivity contribution < 1.29 is 4.74 Å². The number of pyridine rings is 1. The Morgan fingerprint density at radius 1 is 1.15 bits per heavy atom. The van der Waals surface area contributed by atoms with Crippen LogP contribution in [0.5, 0.6) is 5.75 Å². The van der Waals surface area contributed by atoms with Gasteiger partial charge in [-0.15, -0.1) is 0 Å². The number of hydrogen-bond acceptors (Lipinski definition) is 3. The Hall–Kier alpha value is -2.56. The van der Waals surface area contributed by atoms with E-state index in [4.69, 9.17) is 9.73 Å². The van der Waals surface area contributed by atoms with Crippen LogP contribution in [0.15, 0.2) is 53.7 Å². The van der Waals surface area contributed by atoms with E-state index in [-0.39, 0.29) is 0 Å². The molecule has 1 atom stereocenters. The first kappa shape index (κ1) is 19.8. The number of rotatable bonds is 9. The SMILES string of the molecule is CCNC(=NCCC(C)c1ccc(OC)cc1)NCCc1ccccn1. The minimum absolute atomic E-state index is 0.459. The van der Waals surface area contributed by atoms with E-state index in [1.807, 2.05) is 36.5 Å². The zero-order chi connectivity index (χ0) is 18.6. The normalized spacial score (nSPS) is 12.5. The Labute approximate surface area is 156 Å². The molecule has 2 aromatic rings. The molecule has 1 unspecified atom stereocenters. The standard InChI is InChI=1S/C21H30N4O/c1-4-22-21(25-16-13-19-7-5-6-14-23-19)24-15-12-17(2)18-8-10-20(26-3)11-9-18/h5-11,14,17H,4,12-13,15-16H2,1-3H3,(H2,22,24,25). The van der Waals surface area contributed by atoms with Crippen molar-refractivity contribution >= 4 is 5.96 Å². The van der Waals surface area contributed by atoms with Crippen molar-refractivity contribution in [3.8, 4) is 5.75 Å². The average Bonchev–Trinajstić information content (AvgIpc) is 2.69. The molecule has 2 rings (SSSR count). The minimum atomic E-state index is 0.459. The van der Waals surface area contributed by atoms with Crippen molar-refractivity contribution in [1.82, 2.24) is 15.6 Å². The van der Waals surface area contributed by atoms with Crippen LogP contribution in [-0.4, -0.2) is 37.7 Å². The number of benzene rings is 1. The quantitative estimate of drug-likeness (QED) is 0.535. The molecule has 5 nitrogen and oxygen atoms in total. The van der Waals surface area contributed by atoms with E-state index in [1.54, 1.807) is 7.11 Å². The van der Waals surface area contributed by atoms with E-state index in [0.29, 0.717) is 5.92 Å². The molecule has 0 radical (unpaired) electrons. The fraction of sp³-hybridized carbons (Fsp3) is 0.429. The van der Waals surface area contributed by atoms with Gasteiger partial charge >= 0.3 is 0 Å². The van der Waals surface area contributed by atoms with Gasteiger partial charge in [0.2, 0.25) is 0 Å². The first-order valence-electron chi connectivity index (χ1n) is 9.29. The molecule has 0 aliphatic heterocycles. The lowest BCUT2D eigenvalue weighted by atomic mass is 9.98.